The number of rotatable bonds is 4. The summed E-state index contributed by atoms with van der Waals surface area (Å²) in [5, 5.41) is 15.3. The van der Waals surface area contributed by atoms with E-state index in [9.17, 15) is 0 Å². The molecule has 1 aliphatic rings. The molecule has 1 fully saturated rings. The molecule has 0 aliphatic carbocycles. The first-order valence-electron chi connectivity index (χ1n) is 5.25. The minimum atomic E-state index is 0.405. The third kappa shape index (κ3) is 2.92. The van der Waals surface area contributed by atoms with E-state index in [2.05, 4.69) is 39.4 Å². The number of nitrogens with zero attached hydrogens (tertiary/aromatic N) is 4. The Morgan fingerprint density at radius 1 is 1.60 bits per heavy atom. The van der Waals surface area contributed by atoms with Crippen LogP contribution < -0.4 is 5.32 Å². The smallest absolute Gasteiger partial charge is 0.188 e. The first kappa shape index (κ1) is 10.9. The third-order valence-electron chi connectivity index (χ3n) is 2.63. The van der Waals surface area contributed by atoms with Crippen molar-refractivity contribution in [1.29, 1.82) is 0 Å². The molecule has 6 heteroatoms. The van der Waals surface area contributed by atoms with Crippen molar-refractivity contribution in [1.82, 2.24) is 25.5 Å². The van der Waals surface area contributed by atoms with Gasteiger partial charge in [0.15, 0.2) is 5.82 Å². The van der Waals surface area contributed by atoms with Gasteiger partial charge in [0.05, 0.1) is 13.6 Å². The van der Waals surface area contributed by atoms with E-state index in [0.717, 1.165) is 12.4 Å². The summed E-state index contributed by atoms with van der Waals surface area (Å²) >= 11 is 2.06. The van der Waals surface area contributed by atoms with Gasteiger partial charge >= 0.3 is 0 Å². The predicted molar refractivity (Wildman–Crippen MR) is 60.6 cm³/mol. The summed E-state index contributed by atoms with van der Waals surface area (Å²) in [5.74, 6) is 2.06. The van der Waals surface area contributed by atoms with E-state index in [4.69, 9.17) is 0 Å². The van der Waals surface area contributed by atoms with Gasteiger partial charge in [0, 0.05) is 11.3 Å². The molecule has 1 aliphatic heterocycles. The lowest BCUT2D eigenvalue weighted by Crippen LogP contribution is -2.32. The van der Waals surface area contributed by atoms with E-state index >= 15 is 0 Å². The van der Waals surface area contributed by atoms with Crippen molar-refractivity contribution in [3.8, 4) is 0 Å². The van der Waals surface area contributed by atoms with Crippen molar-refractivity contribution in [3.05, 3.63) is 5.82 Å². The second kappa shape index (κ2) is 4.49. The first-order chi connectivity index (χ1) is 7.18. The number of aromatic nitrogens is 4. The quantitative estimate of drug-likeness (QED) is 0.815. The van der Waals surface area contributed by atoms with E-state index in [0.29, 0.717) is 11.3 Å². The molecule has 0 saturated carbocycles. The SMILES string of the molecule is Cn1nnc(CNCC2(C)CCCS2)n1. The Bertz CT molecular complexity index is 318. The minimum Gasteiger partial charge on any atom is -0.308 e. The van der Waals surface area contributed by atoms with Crippen LogP contribution in [0.3, 0.4) is 0 Å². The number of hydrogen-bond acceptors (Lipinski definition) is 5. The zero-order valence-corrected chi connectivity index (χ0v) is 10.0. The number of tetrazole rings is 1. The highest BCUT2D eigenvalue weighted by atomic mass is 32.2. The van der Waals surface area contributed by atoms with Gasteiger partial charge in [0.2, 0.25) is 0 Å². The fourth-order valence-corrected chi connectivity index (χ4v) is 3.08. The zero-order valence-electron chi connectivity index (χ0n) is 9.23. The van der Waals surface area contributed by atoms with Crippen molar-refractivity contribution in [2.45, 2.75) is 31.1 Å². The molecule has 2 rings (SSSR count). The van der Waals surface area contributed by atoms with Crippen LogP contribution in [0.1, 0.15) is 25.6 Å². The molecule has 84 valence electrons. The van der Waals surface area contributed by atoms with Crippen LogP contribution >= 0.6 is 11.8 Å². The van der Waals surface area contributed by atoms with Crippen molar-refractivity contribution >= 4 is 11.8 Å². The minimum absolute atomic E-state index is 0.405. The Hall–Kier alpha value is -0.620. The molecule has 2 heterocycles. The lowest BCUT2D eigenvalue weighted by atomic mass is 10.1. The topological polar surface area (TPSA) is 55.6 Å². The predicted octanol–water partition coefficient (Wildman–Crippen LogP) is 0.585. The van der Waals surface area contributed by atoms with E-state index < -0.39 is 0 Å². The van der Waals surface area contributed by atoms with Gasteiger partial charge in [-0.15, -0.1) is 10.2 Å². The average Bonchev–Trinajstić information content (AvgIpc) is 2.76. The van der Waals surface area contributed by atoms with Crippen LogP contribution in [-0.4, -0.2) is 37.3 Å². The normalized spacial score (nSPS) is 26.0. The van der Waals surface area contributed by atoms with E-state index in [1.165, 1.54) is 23.4 Å². The summed E-state index contributed by atoms with van der Waals surface area (Å²) in [6.45, 7) is 4.06. The lowest BCUT2D eigenvalue weighted by Gasteiger charge is -2.22. The summed E-state index contributed by atoms with van der Waals surface area (Å²) in [6.07, 6.45) is 2.64. The van der Waals surface area contributed by atoms with Crippen molar-refractivity contribution < 1.29 is 0 Å². The molecule has 0 spiro atoms. The Morgan fingerprint density at radius 2 is 2.47 bits per heavy atom. The first-order valence-corrected chi connectivity index (χ1v) is 6.24. The van der Waals surface area contributed by atoms with Gasteiger partial charge < -0.3 is 5.32 Å². The maximum atomic E-state index is 4.12. The van der Waals surface area contributed by atoms with Gasteiger partial charge in [0.25, 0.3) is 0 Å². The number of hydrogen-bond donors (Lipinski definition) is 1. The van der Waals surface area contributed by atoms with Crippen molar-refractivity contribution in [2.75, 3.05) is 12.3 Å². The van der Waals surface area contributed by atoms with Gasteiger partial charge in [-0.25, -0.2) is 0 Å². The van der Waals surface area contributed by atoms with Crippen molar-refractivity contribution in [2.24, 2.45) is 7.05 Å². The van der Waals surface area contributed by atoms with E-state index in [1.54, 1.807) is 7.05 Å². The summed E-state index contributed by atoms with van der Waals surface area (Å²) in [7, 11) is 1.78. The largest absolute Gasteiger partial charge is 0.308 e. The Kier molecular flexibility index (Phi) is 3.25. The maximum Gasteiger partial charge on any atom is 0.188 e. The molecule has 5 nitrogen and oxygen atoms in total. The summed E-state index contributed by atoms with van der Waals surface area (Å²) < 4.78 is 0.405. The van der Waals surface area contributed by atoms with Gasteiger partial charge in [-0.3, -0.25) is 0 Å². The Morgan fingerprint density at radius 3 is 3.07 bits per heavy atom. The Balaban J connectivity index is 1.75. The fourth-order valence-electron chi connectivity index (χ4n) is 1.81. The molecule has 1 aromatic heterocycles. The monoisotopic (exact) mass is 227 g/mol. The number of nitrogens with one attached hydrogen (secondary N) is 1. The lowest BCUT2D eigenvalue weighted by molar-refractivity contribution is 0.528. The molecule has 1 N–H and O–H groups in total. The van der Waals surface area contributed by atoms with Crippen molar-refractivity contribution in [3.63, 3.8) is 0 Å². The molecule has 0 amide bonds. The van der Waals surface area contributed by atoms with Gasteiger partial charge in [-0.05, 0) is 30.7 Å². The molecule has 1 unspecified atom stereocenters. The van der Waals surface area contributed by atoms with Crippen LogP contribution in [0.4, 0.5) is 0 Å². The molecule has 1 atom stereocenters. The molecular formula is C9H17N5S. The molecular weight excluding hydrogens is 210 g/mol. The fraction of sp³-hybridized carbons (Fsp3) is 0.889. The highest BCUT2D eigenvalue weighted by molar-refractivity contribution is 8.00. The molecule has 0 radical (unpaired) electrons. The molecule has 0 aromatic carbocycles. The van der Waals surface area contributed by atoms with Crippen LogP contribution in [0.15, 0.2) is 0 Å². The molecule has 15 heavy (non-hydrogen) atoms. The maximum absolute atomic E-state index is 4.12. The van der Waals surface area contributed by atoms with Gasteiger partial charge in [0.1, 0.15) is 0 Å². The summed E-state index contributed by atoms with van der Waals surface area (Å²) in [6, 6.07) is 0. The highest BCUT2D eigenvalue weighted by Gasteiger charge is 2.28. The molecule has 1 saturated heterocycles. The van der Waals surface area contributed by atoms with Gasteiger partial charge in [-0.2, -0.15) is 16.6 Å². The van der Waals surface area contributed by atoms with E-state index in [-0.39, 0.29) is 0 Å². The standard InChI is InChI=1S/C9H17N5S/c1-9(4-3-5-15-9)7-10-6-8-11-13-14(2)12-8/h10H,3-7H2,1-2H3. The van der Waals surface area contributed by atoms with Crippen LogP contribution in [0.5, 0.6) is 0 Å². The number of aryl methyl sites for hydroxylation is 1. The van der Waals surface area contributed by atoms with Crippen LogP contribution in [0.2, 0.25) is 0 Å². The van der Waals surface area contributed by atoms with E-state index in [1.807, 2.05) is 0 Å². The third-order valence-corrected chi connectivity index (χ3v) is 4.17. The summed E-state index contributed by atoms with van der Waals surface area (Å²) in [5.41, 5.74) is 0. The second-order valence-corrected chi connectivity index (χ2v) is 5.88. The average molecular weight is 227 g/mol. The zero-order chi connectivity index (χ0) is 10.7. The Labute approximate surface area is 94.0 Å². The molecule has 1 aromatic rings. The van der Waals surface area contributed by atoms with Crippen LogP contribution in [0, 0.1) is 0 Å². The highest BCUT2D eigenvalue weighted by Crippen LogP contribution is 2.36. The van der Waals surface area contributed by atoms with Gasteiger partial charge in [-0.1, -0.05) is 0 Å². The summed E-state index contributed by atoms with van der Waals surface area (Å²) in [4.78, 5) is 1.49. The number of thioether (sulfide) groups is 1. The second-order valence-electron chi connectivity index (χ2n) is 4.20. The van der Waals surface area contributed by atoms with Crippen LogP contribution in [-0.2, 0) is 13.6 Å². The van der Waals surface area contributed by atoms with Crippen LogP contribution in [0.25, 0.3) is 0 Å². The molecule has 0 bridgehead atoms.